The number of amides is 1. The van der Waals surface area contributed by atoms with Crippen molar-refractivity contribution in [2.45, 2.75) is 24.3 Å². The Kier molecular flexibility index (Phi) is 4.09. The molecule has 0 saturated heterocycles. The molecule has 0 spiro atoms. The Morgan fingerprint density at radius 3 is 2.39 bits per heavy atom. The first-order valence-corrected chi connectivity index (χ1v) is 7.73. The molecule has 5 heteroatoms. The highest BCUT2D eigenvalue weighted by Crippen LogP contribution is 2.51. The van der Waals surface area contributed by atoms with Gasteiger partial charge in [-0.1, -0.05) is 54.1 Å². The van der Waals surface area contributed by atoms with Crippen molar-refractivity contribution >= 4 is 23.5 Å². The minimum atomic E-state index is -1.19. The summed E-state index contributed by atoms with van der Waals surface area (Å²) in [4.78, 5) is 23.9. The summed E-state index contributed by atoms with van der Waals surface area (Å²) in [6, 6.07) is 16.3. The first kappa shape index (κ1) is 15.6. The molecule has 2 N–H and O–H groups in total. The second-order valence-electron chi connectivity index (χ2n) is 5.80. The fourth-order valence-electron chi connectivity index (χ4n) is 2.86. The number of carboxylic acids is 1. The maximum absolute atomic E-state index is 12.2. The fraction of sp³-hybridized carbons (Fsp3) is 0.222. The molecule has 2 aromatic carbocycles. The van der Waals surface area contributed by atoms with E-state index in [2.05, 4.69) is 5.32 Å². The van der Waals surface area contributed by atoms with Crippen molar-refractivity contribution in [1.29, 1.82) is 0 Å². The Hall–Kier alpha value is -2.33. The van der Waals surface area contributed by atoms with Gasteiger partial charge in [0, 0.05) is 10.9 Å². The lowest BCUT2D eigenvalue weighted by Crippen LogP contribution is -2.45. The molecule has 1 aliphatic rings. The van der Waals surface area contributed by atoms with Gasteiger partial charge in [0.25, 0.3) is 0 Å². The van der Waals surface area contributed by atoms with Gasteiger partial charge in [0.05, 0.1) is 6.42 Å². The Balaban J connectivity index is 1.70. The molecule has 2 unspecified atom stereocenters. The van der Waals surface area contributed by atoms with Crippen molar-refractivity contribution in [3.63, 3.8) is 0 Å². The number of carbonyl (C=O) groups excluding carboxylic acids is 1. The zero-order chi connectivity index (χ0) is 16.4. The van der Waals surface area contributed by atoms with E-state index in [1.165, 1.54) is 0 Å². The maximum Gasteiger partial charge on any atom is 0.330 e. The first-order valence-electron chi connectivity index (χ1n) is 7.35. The van der Waals surface area contributed by atoms with E-state index in [4.69, 9.17) is 11.6 Å². The van der Waals surface area contributed by atoms with Gasteiger partial charge in [-0.25, -0.2) is 4.79 Å². The lowest BCUT2D eigenvalue weighted by molar-refractivity contribution is -0.143. The molecule has 0 aromatic heterocycles. The predicted molar refractivity (Wildman–Crippen MR) is 87.5 cm³/mol. The molecule has 1 amide bonds. The SMILES string of the molecule is O=C(Cc1ccc(Cl)cc1)NC1(C(=O)O)CC1c1ccccc1. The average molecular weight is 330 g/mol. The molecule has 0 radical (unpaired) electrons. The molecule has 1 saturated carbocycles. The summed E-state index contributed by atoms with van der Waals surface area (Å²) >= 11 is 5.81. The van der Waals surface area contributed by atoms with Crippen LogP contribution in [0, 0.1) is 0 Å². The molecule has 118 valence electrons. The van der Waals surface area contributed by atoms with Gasteiger partial charge in [-0.2, -0.15) is 0 Å². The minimum Gasteiger partial charge on any atom is -0.479 e. The average Bonchev–Trinajstić information content (AvgIpc) is 3.26. The smallest absolute Gasteiger partial charge is 0.330 e. The molecule has 23 heavy (non-hydrogen) atoms. The molecule has 1 aliphatic carbocycles. The van der Waals surface area contributed by atoms with Crippen LogP contribution in [0.2, 0.25) is 5.02 Å². The van der Waals surface area contributed by atoms with Crippen LogP contribution in [0.1, 0.15) is 23.5 Å². The highest BCUT2D eigenvalue weighted by Gasteiger charge is 2.62. The topological polar surface area (TPSA) is 66.4 Å². The molecule has 4 nitrogen and oxygen atoms in total. The van der Waals surface area contributed by atoms with E-state index in [-0.39, 0.29) is 18.2 Å². The molecule has 2 atom stereocenters. The van der Waals surface area contributed by atoms with E-state index in [9.17, 15) is 14.7 Å². The van der Waals surface area contributed by atoms with Gasteiger partial charge in [-0.3, -0.25) is 4.79 Å². The fourth-order valence-corrected chi connectivity index (χ4v) is 2.99. The molecule has 2 aromatic rings. The molecule has 0 aliphatic heterocycles. The van der Waals surface area contributed by atoms with E-state index in [1.54, 1.807) is 24.3 Å². The van der Waals surface area contributed by atoms with Crippen molar-refractivity contribution in [3.05, 3.63) is 70.7 Å². The third-order valence-electron chi connectivity index (χ3n) is 4.18. The largest absolute Gasteiger partial charge is 0.479 e. The van der Waals surface area contributed by atoms with Gasteiger partial charge in [-0.05, 0) is 29.7 Å². The summed E-state index contributed by atoms with van der Waals surface area (Å²) in [5.74, 6) is -1.47. The normalized spacial score (nSPS) is 22.4. The summed E-state index contributed by atoms with van der Waals surface area (Å²) in [7, 11) is 0. The third-order valence-corrected chi connectivity index (χ3v) is 4.44. The van der Waals surface area contributed by atoms with Crippen molar-refractivity contribution in [2.75, 3.05) is 0 Å². The van der Waals surface area contributed by atoms with Gasteiger partial charge in [0.15, 0.2) is 0 Å². The summed E-state index contributed by atoms with van der Waals surface area (Å²) in [6.45, 7) is 0. The van der Waals surface area contributed by atoms with Crippen molar-refractivity contribution < 1.29 is 14.7 Å². The number of halogens is 1. The number of aliphatic carboxylic acids is 1. The van der Waals surface area contributed by atoms with E-state index < -0.39 is 11.5 Å². The Labute approximate surface area is 139 Å². The van der Waals surface area contributed by atoms with Crippen LogP contribution in [0.15, 0.2) is 54.6 Å². The van der Waals surface area contributed by atoms with E-state index in [1.807, 2.05) is 30.3 Å². The van der Waals surface area contributed by atoms with Crippen LogP contribution in [0.4, 0.5) is 0 Å². The zero-order valence-electron chi connectivity index (χ0n) is 12.3. The standard InChI is InChI=1S/C18H16ClNO3/c19-14-8-6-12(7-9-14)10-16(21)20-18(17(22)23)11-15(18)13-4-2-1-3-5-13/h1-9,15H,10-11H2,(H,20,21)(H,22,23). The second kappa shape index (κ2) is 6.05. The number of benzene rings is 2. The van der Waals surface area contributed by atoms with Crippen LogP contribution in [-0.2, 0) is 16.0 Å². The molecule has 3 rings (SSSR count). The lowest BCUT2D eigenvalue weighted by atomic mass is 10.1. The zero-order valence-corrected chi connectivity index (χ0v) is 13.1. The van der Waals surface area contributed by atoms with Crippen molar-refractivity contribution in [1.82, 2.24) is 5.32 Å². The summed E-state index contributed by atoms with van der Waals surface area (Å²) < 4.78 is 0. The van der Waals surface area contributed by atoms with E-state index in [0.29, 0.717) is 11.4 Å². The van der Waals surface area contributed by atoms with Gasteiger partial charge in [-0.15, -0.1) is 0 Å². The lowest BCUT2D eigenvalue weighted by Gasteiger charge is -2.15. The number of rotatable bonds is 5. The first-order chi connectivity index (χ1) is 11.0. The van der Waals surface area contributed by atoms with Crippen LogP contribution in [0.25, 0.3) is 0 Å². The van der Waals surface area contributed by atoms with Crippen LogP contribution < -0.4 is 5.32 Å². The van der Waals surface area contributed by atoms with Crippen LogP contribution >= 0.6 is 11.6 Å². The van der Waals surface area contributed by atoms with Crippen molar-refractivity contribution in [3.8, 4) is 0 Å². The molecule has 0 bridgehead atoms. The van der Waals surface area contributed by atoms with E-state index >= 15 is 0 Å². The van der Waals surface area contributed by atoms with Gasteiger partial charge >= 0.3 is 5.97 Å². The van der Waals surface area contributed by atoms with Gasteiger partial charge in [0.2, 0.25) is 5.91 Å². The number of carboxylic acid groups (broad SMARTS) is 1. The Morgan fingerprint density at radius 2 is 1.78 bits per heavy atom. The maximum atomic E-state index is 12.2. The quantitative estimate of drug-likeness (QED) is 0.886. The highest BCUT2D eigenvalue weighted by molar-refractivity contribution is 6.30. The molecule has 1 fully saturated rings. The number of hydrogen-bond donors (Lipinski definition) is 2. The van der Waals surface area contributed by atoms with Crippen LogP contribution in [0.5, 0.6) is 0 Å². The minimum absolute atomic E-state index is 0.133. The Bertz CT molecular complexity index is 730. The van der Waals surface area contributed by atoms with Crippen molar-refractivity contribution in [2.24, 2.45) is 0 Å². The number of carbonyl (C=O) groups is 2. The third kappa shape index (κ3) is 3.22. The second-order valence-corrected chi connectivity index (χ2v) is 6.23. The molecular weight excluding hydrogens is 314 g/mol. The summed E-state index contributed by atoms with van der Waals surface area (Å²) in [5.41, 5.74) is 0.538. The van der Waals surface area contributed by atoms with Crippen LogP contribution in [0.3, 0.4) is 0 Å². The predicted octanol–water partition coefficient (Wildman–Crippen LogP) is 3.01. The summed E-state index contributed by atoms with van der Waals surface area (Å²) in [6.07, 6.45) is 0.548. The molecule has 0 heterocycles. The highest BCUT2D eigenvalue weighted by atomic mass is 35.5. The van der Waals surface area contributed by atoms with Gasteiger partial charge in [0.1, 0.15) is 5.54 Å². The monoisotopic (exact) mass is 329 g/mol. The van der Waals surface area contributed by atoms with Gasteiger partial charge < -0.3 is 10.4 Å². The molecular formula is C18H16ClNO3. The Morgan fingerprint density at radius 1 is 1.13 bits per heavy atom. The summed E-state index contributed by atoms with van der Waals surface area (Å²) in [5, 5.41) is 12.9. The number of hydrogen-bond acceptors (Lipinski definition) is 2. The van der Waals surface area contributed by atoms with Crippen LogP contribution in [-0.4, -0.2) is 22.5 Å². The number of nitrogens with one attached hydrogen (secondary N) is 1. The van der Waals surface area contributed by atoms with E-state index in [0.717, 1.165) is 11.1 Å².